The molecule has 1 aromatic carbocycles. The zero-order chi connectivity index (χ0) is 14.5. The topological polar surface area (TPSA) is 21.7 Å². The van der Waals surface area contributed by atoms with Crippen LogP contribution >= 0.6 is 11.8 Å². The predicted octanol–water partition coefficient (Wildman–Crippen LogP) is 3.47. The lowest BCUT2D eigenvalue weighted by Crippen LogP contribution is -2.34. The third kappa shape index (κ3) is 3.69. The Bertz CT molecular complexity index is 485. The molecule has 21 heavy (non-hydrogen) atoms. The predicted molar refractivity (Wildman–Crippen MR) is 86.6 cm³/mol. The molecule has 1 saturated heterocycles. The standard InChI is InChI=1S/C17H23NO2S/c1-21-16-8-3-2-6-14(16)15-7-4-5-10-18(15)11-9-17-19-12-13-20-17/h2-6,8,15,17H,7,9-13H2,1H3. The molecule has 1 unspecified atom stereocenters. The van der Waals surface area contributed by atoms with E-state index in [2.05, 4.69) is 47.6 Å². The first kappa shape index (κ1) is 15.1. The average Bonchev–Trinajstić information content (AvgIpc) is 3.06. The maximum absolute atomic E-state index is 5.56. The molecule has 0 aliphatic carbocycles. The van der Waals surface area contributed by atoms with Crippen molar-refractivity contribution in [3.8, 4) is 0 Å². The van der Waals surface area contributed by atoms with Gasteiger partial charge in [0.1, 0.15) is 0 Å². The zero-order valence-corrected chi connectivity index (χ0v) is 13.3. The monoisotopic (exact) mass is 305 g/mol. The fourth-order valence-corrected chi connectivity index (χ4v) is 3.72. The van der Waals surface area contributed by atoms with Gasteiger partial charge in [-0.2, -0.15) is 0 Å². The number of hydrogen-bond acceptors (Lipinski definition) is 4. The van der Waals surface area contributed by atoms with Gasteiger partial charge in [-0.1, -0.05) is 30.4 Å². The molecule has 0 aromatic heterocycles. The summed E-state index contributed by atoms with van der Waals surface area (Å²) in [4.78, 5) is 3.93. The van der Waals surface area contributed by atoms with Crippen LogP contribution in [0.3, 0.4) is 0 Å². The van der Waals surface area contributed by atoms with Crippen LogP contribution < -0.4 is 0 Å². The Hall–Kier alpha value is -0.810. The van der Waals surface area contributed by atoms with E-state index in [4.69, 9.17) is 9.47 Å². The van der Waals surface area contributed by atoms with Crippen LogP contribution in [-0.2, 0) is 9.47 Å². The third-order valence-electron chi connectivity index (χ3n) is 4.15. The summed E-state index contributed by atoms with van der Waals surface area (Å²) in [5, 5.41) is 0. The Balaban J connectivity index is 1.70. The minimum Gasteiger partial charge on any atom is -0.350 e. The van der Waals surface area contributed by atoms with Crippen molar-refractivity contribution in [1.29, 1.82) is 0 Å². The zero-order valence-electron chi connectivity index (χ0n) is 12.5. The van der Waals surface area contributed by atoms with Crippen molar-refractivity contribution in [2.24, 2.45) is 0 Å². The van der Waals surface area contributed by atoms with Gasteiger partial charge in [0, 0.05) is 30.4 Å². The van der Waals surface area contributed by atoms with Crippen molar-refractivity contribution in [1.82, 2.24) is 4.90 Å². The van der Waals surface area contributed by atoms with Crippen LogP contribution in [0.25, 0.3) is 0 Å². The van der Waals surface area contributed by atoms with E-state index in [-0.39, 0.29) is 6.29 Å². The molecule has 2 heterocycles. The van der Waals surface area contributed by atoms with Crippen molar-refractivity contribution in [2.75, 3.05) is 32.6 Å². The van der Waals surface area contributed by atoms with Crippen molar-refractivity contribution in [2.45, 2.75) is 30.1 Å². The highest BCUT2D eigenvalue weighted by atomic mass is 32.2. The molecule has 4 heteroatoms. The normalized spacial score (nSPS) is 23.8. The Kier molecular flexibility index (Phi) is 5.36. The van der Waals surface area contributed by atoms with Crippen molar-refractivity contribution in [3.63, 3.8) is 0 Å². The van der Waals surface area contributed by atoms with E-state index < -0.39 is 0 Å². The first-order chi connectivity index (χ1) is 10.4. The highest BCUT2D eigenvalue weighted by Crippen LogP contribution is 2.34. The lowest BCUT2D eigenvalue weighted by molar-refractivity contribution is -0.0531. The van der Waals surface area contributed by atoms with Crippen LogP contribution in [0.15, 0.2) is 41.3 Å². The van der Waals surface area contributed by atoms with E-state index in [1.807, 2.05) is 11.8 Å². The Morgan fingerprint density at radius 3 is 2.81 bits per heavy atom. The highest BCUT2D eigenvalue weighted by molar-refractivity contribution is 7.98. The molecule has 0 amide bonds. The summed E-state index contributed by atoms with van der Waals surface area (Å²) in [6.45, 7) is 3.51. The van der Waals surface area contributed by atoms with E-state index >= 15 is 0 Å². The summed E-state index contributed by atoms with van der Waals surface area (Å²) >= 11 is 1.83. The first-order valence-corrected chi connectivity index (χ1v) is 8.86. The van der Waals surface area contributed by atoms with E-state index in [1.165, 1.54) is 10.5 Å². The molecule has 3 rings (SSSR count). The van der Waals surface area contributed by atoms with Crippen LogP contribution in [0.5, 0.6) is 0 Å². The second kappa shape index (κ2) is 7.45. The Labute approximate surface area is 131 Å². The molecule has 1 fully saturated rings. The number of nitrogens with zero attached hydrogens (tertiary/aromatic N) is 1. The SMILES string of the molecule is CSc1ccccc1C1CC=CCN1CCC1OCCO1. The Morgan fingerprint density at radius 1 is 1.19 bits per heavy atom. The number of ether oxygens (including phenoxy) is 2. The number of rotatable bonds is 5. The molecule has 0 bridgehead atoms. The molecule has 3 nitrogen and oxygen atoms in total. The maximum Gasteiger partial charge on any atom is 0.159 e. The van der Waals surface area contributed by atoms with Gasteiger partial charge in [-0.15, -0.1) is 11.8 Å². The highest BCUT2D eigenvalue weighted by Gasteiger charge is 2.25. The maximum atomic E-state index is 5.56. The molecule has 0 N–H and O–H groups in total. The van der Waals surface area contributed by atoms with Gasteiger partial charge in [0.25, 0.3) is 0 Å². The fraction of sp³-hybridized carbons (Fsp3) is 0.529. The summed E-state index contributed by atoms with van der Waals surface area (Å²) in [7, 11) is 0. The molecule has 0 saturated carbocycles. The van der Waals surface area contributed by atoms with Crippen molar-refractivity contribution < 1.29 is 9.47 Å². The van der Waals surface area contributed by atoms with Gasteiger partial charge in [0.2, 0.25) is 0 Å². The van der Waals surface area contributed by atoms with E-state index in [0.717, 1.165) is 39.1 Å². The summed E-state index contributed by atoms with van der Waals surface area (Å²) < 4.78 is 11.1. The van der Waals surface area contributed by atoms with Gasteiger partial charge >= 0.3 is 0 Å². The largest absolute Gasteiger partial charge is 0.350 e. The van der Waals surface area contributed by atoms with E-state index in [9.17, 15) is 0 Å². The number of hydrogen-bond donors (Lipinski definition) is 0. The Morgan fingerprint density at radius 2 is 2.00 bits per heavy atom. The van der Waals surface area contributed by atoms with Gasteiger partial charge < -0.3 is 9.47 Å². The number of thioether (sulfide) groups is 1. The quantitative estimate of drug-likeness (QED) is 0.613. The van der Waals surface area contributed by atoms with Crippen molar-refractivity contribution >= 4 is 11.8 Å². The average molecular weight is 305 g/mol. The van der Waals surface area contributed by atoms with E-state index in [0.29, 0.717) is 6.04 Å². The van der Waals surface area contributed by atoms with Gasteiger partial charge in [0.05, 0.1) is 13.2 Å². The van der Waals surface area contributed by atoms with Gasteiger partial charge in [-0.3, -0.25) is 4.90 Å². The van der Waals surface area contributed by atoms with Crippen LogP contribution in [0.4, 0.5) is 0 Å². The van der Waals surface area contributed by atoms with Gasteiger partial charge in [-0.05, 0) is 24.3 Å². The summed E-state index contributed by atoms with van der Waals surface area (Å²) in [6, 6.07) is 9.23. The van der Waals surface area contributed by atoms with Crippen LogP contribution in [0, 0.1) is 0 Å². The second-order valence-electron chi connectivity index (χ2n) is 5.42. The smallest absolute Gasteiger partial charge is 0.159 e. The lowest BCUT2D eigenvalue weighted by Gasteiger charge is -2.34. The summed E-state index contributed by atoms with van der Waals surface area (Å²) in [6.07, 6.45) is 8.76. The summed E-state index contributed by atoms with van der Waals surface area (Å²) in [5.41, 5.74) is 1.45. The molecular weight excluding hydrogens is 282 g/mol. The van der Waals surface area contributed by atoms with E-state index in [1.54, 1.807) is 0 Å². The second-order valence-corrected chi connectivity index (χ2v) is 6.27. The van der Waals surface area contributed by atoms with Crippen LogP contribution in [-0.4, -0.2) is 43.7 Å². The molecular formula is C17H23NO2S. The number of benzene rings is 1. The fourth-order valence-electron chi connectivity index (χ4n) is 3.07. The molecule has 0 spiro atoms. The molecule has 2 aliphatic heterocycles. The van der Waals surface area contributed by atoms with Gasteiger partial charge in [0.15, 0.2) is 6.29 Å². The minimum absolute atomic E-state index is 0.00708. The molecule has 1 aromatic rings. The van der Waals surface area contributed by atoms with Gasteiger partial charge in [-0.25, -0.2) is 0 Å². The van der Waals surface area contributed by atoms with Crippen LogP contribution in [0.2, 0.25) is 0 Å². The van der Waals surface area contributed by atoms with Crippen LogP contribution in [0.1, 0.15) is 24.4 Å². The third-order valence-corrected chi connectivity index (χ3v) is 4.96. The molecule has 2 aliphatic rings. The molecule has 0 radical (unpaired) electrons. The van der Waals surface area contributed by atoms with Crippen molar-refractivity contribution in [3.05, 3.63) is 42.0 Å². The minimum atomic E-state index is -0.00708. The first-order valence-electron chi connectivity index (χ1n) is 7.63. The molecule has 114 valence electrons. The summed E-state index contributed by atoms with van der Waals surface area (Å²) in [5.74, 6) is 0. The lowest BCUT2D eigenvalue weighted by atomic mass is 9.98. The molecule has 1 atom stereocenters.